The summed E-state index contributed by atoms with van der Waals surface area (Å²) in [6, 6.07) is 0. The number of carbonyl (C=O) groups is 3. The summed E-state index contributed by atoms with van der Waals surface area (Å²) in [4.78, 5) is 87.5. The Bertz CT molecular complexity index is 1880. The van der Waals surface area contributed by atoms with E-state index in [1.165, 1.54) is 20.8 Å². The van der Waals surface area contributed by atoms with E-state index in [1.807, 2.05) is 0 Å². The molecule has 0 saturated carbocycles. The van der Waals surface area contributed by atoms with Crippen LogP contribution in [0.3, 0.4) is 0 Å². The Morgan fingerprint density at radius 3 is 2.30 bits per heavy atom. The number of amides is 2. The van der Waals surface area contributed by atoms with E-state index in [0.29, 0.717) is 11.8 Å². The van der Waals surface area contributed by atoms with Crippen LogP contribution in [0, 0.1) is 5.41 Å². The molecule has 324 valence electrons. The molecule has 1 aliphatic rings. The van der Waals surface area contributed by atoms with Gasteiger partial charge in [0.15, 0.2) is 23.8 Å². The van der Waals surface area contributed by atoms with E-state index in [-0.39, 0.29) is 48.7 Å². The smallest absolute Gasteiger partial charge is 0.387 e. The number of thioether (sulfide) groups is 1. The zero-order valence-corrected chi connectivity index (χ0v) is 34.3. The van der Waals surface area contributed by atoms with Gasteiger partial charge in [0.25, 0.3) is 0 Å². The van der Waals surface area contributed by atoms with Crippen molar-refractivity contribution in [3.05, 3.63) is 12.7 Å². The van der Waals surface area contributed by atoms with E-state index < -0.39 is 101 Å². The molecule has 2 amide bonds. The van der Waals surface area contributed by atoms with E-state index in [0.717, 1.165) is 17.2 Å². The Kier molecular flexibility index (Phi) is 16.9. The van der Waals surface area contributed by atoms with Crippen molar-refractivity contribution in [2.45, 2.75) is 82.9 Å². The number of aromatic nitrogens is 4. The van der Waals surface area contributed by atoms with Crippen molar-refractivity contribution in [3.8, 4) is 0 Å². The molecule has 1 saturated heterocycles. The van der Waals surface area contributed by atoms with Crippen LogP contribution < -0.4 is 16.4 Å². The van der Waals surface area contributed by atoms with Gasteiger partial charge in [-0.1, -0.05) is 32.5 Å². The number of nitrogens with one attached hydrogen (secondary N) is 2. The van der Waals surface area contributed by atoms with Gasteiger partial charge in [-0.05, 0) is 13.3 Å². The van der Waals surface area contributed by atoms with Crippen molar-refractivity contribution in [1.82, 2.24) is 30.2 Å². The summed E-state index contributed by atoms with van der Waals surface area (Å²) in [5.41, 5.74) is 2.60. The summed E-state index contributed by atoms with van der Waals surface area (Å²) in [5.74, 6) is -1.53. The van der Waals surface area contributed by atoms with Crippen LogP contribution in [0.15, 0.2) is 12.7 Å². The molecule has 1 fully saturated rings. The van der Waals surface area contributed by atoms with Crippen molar-refractivity contribution in [2.75, 3.05) is 37.8 Å². The maximum Gasteiger partial charge on any atom is 0.481 e. The van der Waals surface area contributed by atoms with Crippen LogP contribution >= 0.6 is 35.2 Å². The molecule has 57 heavy (non-hydrogen) atoms. The van der Waals surface area contributed by atoms with Gasteiger partial charge in [-0.3, -0.25) is 32.5 Å². The number of phosphoric ester groups is 3. The topological polar surface area (TPSA) is 404 Å². The van der Waals surface area contributed by atoms with Crippen molar-refractivity contribution in [1.29, 1.82) is 0 Å². The number of fused-ring (bicyclic) bond motifs is 1. The Balaban J connectivity index is 1.48. The summed E-state index contributed by atoms with van der Waals surface area (Å²) in [7, 11) is -16.5. The third-order valence-corrected chi connectivity index (χ3v) is 12.3. The molecule has 0 radical (unpaired) electrons. The molecule has 12 N–H and O–H groups in total. The second-order valence-electron chi connectivity index (χ2n) is 13.4. The van der Waals surface area contributed by atoms with Gasteiger partial charge < -0.3 is 61.1 Å². The third kappa shape index (κ3) is 14.0. The molecule has 0 aliphatic carbocycles. The van der Waals surface area contributed by atoms with E-state index in [2.05, 4.69) is 34.4 Å². The van der Waals surface area contributed by atoms with Gasteiger partial charge in [-0.25, -0.2) is 28.6 Å². The average Bonchev–Trinajstić information content (AvgIpc) is 3.67. The molecule has 9 atom stereocenters. The minimum atomic E-state index is -5.59. The molecule has 2 aromatic heterocycles. The minimum absolute atomic E-state index is 0.0197. The van der Waals surface area contributed by atoms with Crippen LogP contribution in [0.5, 0.6) is 0 Å². The minimum Gasteiger partial charge on any atom is -0.387 e. The van der Waals surface area contributed by atoms with Gasteiger partial charge in [-0.2, -0.15) is 4.31 Å². The number of imidazole rings is 1. The fraction of sp³-hybridized carbons (Fsp3) is 0.704. The fourth-order valence-corrected chi connectivity index (χ4v) is 8.45. The highest BCUT2D eigenvalue weighted by atomic mass is 32.2. The highest BCUT2D eigenvalue weighted by molar-refractivity contribution is 8.13. The maximum absolute atomic E-state index is 12.7. The monoisotopic (exact) mass is 897 g/mol. The largest absolute Gasteiger partial charge is 0.481 e. The second-order valence-corrected chi connectivity index (χ2v) is 18.7. The van der Waals surface area contributed by atoms with Crippen LogP contribution in [0.4, 0.5) is 5.82 Å². The quantitative estimate of drug-likeness (QED) is 0.0458. The van der Waals surface area contributed by atoms with Gasteiger partial charge in [0.2, 0.25) is 16.9 Å². The second kappa shape index (κ2) is 19.7. The lowest BCUT2D eigenvalue weighted by molar-refractivity contribution is -0.137. The standard InChI is InChI=1S/C27H46N7O19P3S/c1-5-27(4,41)20(38)25(40)57-9-8-29-15(35)6-7-30-23(39)19(37)26(2,3)11-50-56(47,48)53-55(45,46)49-10-14-18(52-54(42,43)44)17(36)24(51-14)34-13-33-16-21(28)31-12-32-22(16)34/h12-14,17-20,24,36-38,41H,5-11H2,1-4H3,(H,29,35)(H,30,39)(H,45,46)(H,47,48)(H2,28,31,32)(H2,42,43,44). The number of aliphatic hydroxyl groups excluding tert-OH is 3. The van der Waals surface area contributed by atoms with Crippen molar-refractivity contribution < 1.29 is 90.7 Å². The number of carbonyl (C=O) groups excluding carboxylic acids is 3. The Labute approximate surface area is 328 Å². The van der Waals surface area contributed by atoms with E-state index in [1.54, 1.807) is 6.92 Å². The van der Waals surface area contributed by atoms with Crippen LogP contribution in [0.25, 0.3) is 11.2 Å². The number of nitrogens with zero attached hydrogens (tertiary/aromatic N) is 4. The summed E-state index contributed by atoms with van der Waals surface area (Å²) >= 11 is 0.711. The van der Waals surface area contributed by atoms with E-state index in [9.17, 15) is 68.1 Å². The number of hydrogen-bond acceptors (Lipinski definition) is 20. The number of anilines is 1. The Hall–Kier alpha value is -2.52. The van der Waals surface area contributed by atoms with Gasteiger partial charge in [-0.15, -0.1) is 0 Å². The number of aliphatic hydroxyl groups is 4. The number of nitrogen functional groups attached to an aromatic ring is 1. The lowest BCUT2D eigenvalue weighted by Gasteiger charge is -2.30. The van der Waals surface area contributed by atoms with Crippen LogP contribution in [0.2, 0.25) is 0 Å². The normalized spacial score (nSPS) is 23.2. The predicted molar refractivity (Wildman–Crippen MR) is 194 cm³/mol. The number of ether oxygens (including phenoxy) is 1. The van der Waals surface area contributed by atoms with E-state index in [4.69, 9.17) is 19.5 Å². The van der Waals surface area contributed by atoms with Crippen LogP contribution in [-0.2, 0) is 50.7 Å². The van der Waals surface area contributed by atoms with Gasteiger partial charge in [0, 0.05) is 30.7 Å². The molecule has 0 aromatic carbocycles. The van der Waals surface area contributed by atoms with Crippen molar-refractivity contribution in [2.24, 2.45) is 5.41 Å². The third-order valence-electron chi connectivity index (χ3n) is 8.27. The molecule has 3 heterocycles. The Morgan fingerprint density at radius 1 is 1.02 bits per heavy atom. The molecule has 2 aromatic rings. The molecular formula is C27H46N7O19P3S. The number of hydrogen-bond donors (Lipinski definition) is 11. The zero-order chi connectivity index (χ0) is 43.1. The van der Waals surface area contributed by atoms with Crippen molar-refractivity contribution >= 4 is 69.1 Å². The molecule has 1 aliphatic heterocycles. The van der Waals surface area contributed by atoms with Gasteiger partial charge in [0.1, 0.15) is 36.3 Å². The van der Waals surface area contributed by atoms with Crippen molar-refractivity contribution in [3.63, 3.8) is 0 Å². The Morgan fingerprint density at radius 2 is 1.67 bits per heavy atom. The highest BCUT2D eigenvalue weighted by Crippen LogP contribution is 2.61. The number of phosphoric acid groups is 3. The first-order valence-electron chi connectivity index (χ1n) is 16.7. The first kappa shape index (κ1) is 48.8. The first-order valence-corrected chi connectivity index (χ1v) is 22.2. The highest BCUT2D eigenvalue weighted by Gasteiger charge is 2.50. The molecule has 0 spiro atoms. The average molecular weight is 898 g/mol. The summed E-state index contributed by atoms with van der Waals surface area (Å²) in [6.07, 6.45) is -8.59. The summed E-state index contributed by atoms with van der Waals surface area (Å²) in [5, 5.41) is 45.4. The molecule has 9 unspecified atom stereocenters. The lowest BCUT2D eigenvalue weighted by atomic mass is 9.87. The zero-order valence-electron chi connectivity index (χ0n) is 30.8. The summed E-state index contributed by atoms with van der Waals surface area (Å²) < 4.78 is 62.0. The fourth-order valence-electron chi connectivity index (χ4n) is 4.81. The first-order chi connectivity index (χ1) is 26.2. The van der Waals surface area contributed by atoms with Gasteiger partial charge >= 0.3 is 23.5 Å². The van der Waals surface area contributed by atoms with Crippen LogP contribution in [-0.4, -0.2) is 145 Å². The van der Waals surface area contributed by atoms with E-state index >= 15 is 0 Å². The maximum atomic E-state index is 12.7. The van der Waals surface area contributed by atoms with Gasteiger partial charge in [0.05, 0.1) is 25.1 Å². The molecular weight excluding hydrogens is 851 g/mol. The SMILES string of the molecule is CCC(C)(O)C(O)C(=O)SCCNC(=O)CCNC(=O)C(O)C(C)(C)COP(=O)(O)OP(=O)(O)OCC1OC(n2cnc3c(N)ncnc32)C(O)C1OP(=O)(O)O. The molecule has 3 rings (SSSR count). The van der Waals surface area contributed by atoms with Crippen LogP contribution in [0.1, 0.15) is 46.8 Å². The molecule has 0 bridgehead atoms. The predicted octanol–water partition coefficient (Wildman–Crippen LogP) is -1.81. The summed E-state index contributed by atoms with van der Waals surface area (Å²) in [6.45, 7) is 3.05. The number of rotatable bonds is 22. The lowest BCUT2D eigenvalue weighted by Crippen LogP contribution is -2.46. The molecule has 26 nitrogen and oxygen atoms in total. The number of nitrogens with two attached hydrogens (primary N) is 1. The molecule has 30 heteroatoms.